The van der Waals surface area contributed by atoms with Gasteiger partial charge in [0.25, 0.3) is 0 Å². The summed E-state index contributed by atoms with van der Waals surface area (Å²) in [6.45, 7) is 2.13. The Labute approximate surface area is 210 Å². The van der Waals surface area contributed by atoms with Crippen molar-refractivity contribution >= 4 is 39.3 Å². The van der Waals surface area contributed by atoms with Crippen molar-refractivity contribution in [1.29, 1.82) is 0 Å². The van der Waals surface area contributed by atoms with Crippen LogP contribution in [0.3, 0.4) is 0 Å². The summed E-state index contributed by atoms with van der Waals surface area (Å²) >= 11 is 0. The molecule has 1 unspecified atom stereocenters. The first-order valence-corrected chi connectivity index (χ1v) is 12.3. The average molecular weight is 464 g/mol. The maximum Gasteiger partial charge on any atom is 0.0886 e. The highest BCUT2D eigenvalue weighted by molar-refractivity contribution is 5.97. The molecule has 0 bridgehead atoms. The molecule has 1 N–H and O–H groups in total. The molecule has 3 heterocycles. The number of benzene rings is 4. The van der Waals surface area contributed by atoms with E-state index in [0.29, 0.717) is 0 Å². The summed E-state index contributed by atoms with van der Waals surface area (Å²) in [5, 5.41) is 2.38. The minimum Gasteiger partial charge on any atom is -0.361 e. The lowest BCUT2D eigenvalue weighted by Crippen LogP contribution is -2.31. The van der Waals surface area contributed by atoms with Crippen LogP contribution in [0.5, 0.6) is 0 Å². The molecule has 0 amide bonds. The molecular weight excluding hydrogens is 438 g/mol. The van der Waals surface area contributed by atoms with Gasteiger partial charge in [0.15, 0.2) is 0 Å². The van der Waals surface area contributed by atoms with Gasteiger partial charge in [0, 0.05) is 39.3 Å². The summed E-state index contributed by atoms with van der Waals surface area (Å²) in [4.78, 5) is 11.2. The molecule has 1 atom stereocenters. The molecule has 0 saturated carbocycles. The number of pyridine rings is 1. The zero-order valence-corrected chi connectivity index (χ0v) is 20.0. The van der Waals surface area contributed by atoms with Gasteiger partial charge < -0.3 is 9.88 Å². The standard InChI is InChI=1S/C33H25N3/c1-22-15-17-23(18-16-22)32-20-31-27(19-24-9-5-7-13-29(24)35-31)33(36(32)25-10-3-2-4-11-25)28-21-34-30-14-8-6-12-26(28)30/h2-21,33-34H,1H3. The summed E-state index contributed by atoms with van der Waals surface area (Å²) in [6, 6.07) is 38.7. The highest BCUT2D eigenvalue weighted by Crippen LogP contribution is 2.46. The predicted octanol–water partition coefficient (Wildman–Crippen LogP) is 8.13. The van der Waals surface area contributed by atoms with Gasteiger partial charge in [-0.1, -0.05) is 84.4 Å². The number of nitrogens with one attached hydrogen (secondary N) is 1. The van der Waals surface area contributed by atoms with Crippen molar-refractivity contribution in [2.24, 2.45) is 0 Å². The second-order valence-corrected chi connectivity index (χ2v) is 9.45. The van der Waals surface area contributed by atoms with Gasteiger partial charge in [-0.05, 0) is 48.9 Å². The van der Waals surface area contributed by atoms with Crippen LogP contribution in [0.1, 0.15) is 34.0 Å². The largest absolute Gasteiger partial charge is 0.361 e. The molecule has 6 aromatic rings. The summed E-state index contributed by atoms with van der Waals surface area (Å²) < 4.78 is 0. The van der Waals surface area contributed by atoms with Gasteiger partial charge in [-0.15, -0.1) is 0 Å². The molecule has 2 aromatic heterocycles. The number of H-pyrrole nitrogens is 1. The Morgan fingerprint density at radius 2 is 1.50 bits per heavy atom. The van der Waals surface area contributed by atoms with Crippen molar-refractivity contribution < 1.29 is 0 Å². The molecule has 0 radical (unpaired) electrons. The number of aromatic amines is 1. The van der Waals surface area contributed by atoms with Crippen LogP contribution < -0.4 is 4.90 Å². The first kappa shape index (κ1) is 20.7. The molecule has 1 aliphatic heterocycles. The van der Waals surface area contributed by atoms with Gasteiger partial charge in [0.1, 0.15) is 0 Å². The number of hydrogen-bond donors (Lipinski definition) is 1. The van der Waals surface area contributed by atoms with E-state index in [9.17, 15) is 0 Å². The Kier molecular flexibility index (Phi) is 4.74. The SMILES string of the molecule is Cc1ccc(C2=Cc3nc4ccccc4cc3C(c3c[nH]c4ccccc34)N2c2ccccc2)cc1. The van der Waals surface area contributed by atoms with Gasteiger partial charge in [0.2, 0.25) is 0 Å². The molecule has 0 aliphatic carbocycles. The third-order valence-electron chi connectivity index (χ3n) is 7.17. The molecule has 0 fully saturated rings. The molecule has 36 heavy (non-hydrogen) atoms. The second-order valence-electron chi connectivity index (χ2n) is 9.45. The van der Waals surface area contributed by atoms with Crippen LogP contribution in [-0.2, 0) is 0 Å². The zero-order chi connectivity index (χ0) is 24.1. The maximum atomic E-state index is 5.16. The molecule has 1 aliphatic rings. The minimum absolute atomic E-state index is 0.0445. The first-order chi connectivity index (χ1) is 17.8. The predicted molar refractivity (Wildman–Crippen MR) is 150 cm³/mol. The Hall–Kier alpha value is -4.63. The number of aryl methyl sites for hydroxylation is 1. The van der Waals surface area contributed by atoms with E-state index in [1.54, 1.807) is 0 Å². The van der Waals surface area contributed by atoms with Gasteiger partial charge >= 0.3 is 0 Å². The van der Waals surface area contributed by atoms with Gasteiger partial charge in [-0.2, -0.15) is 0 Å². The van der Waals surface area contributed by atoms with Crippen molar-refractivity contribution in [2.75, 3.05) is 4.90 Å². The number of aromatic nitrogens is 2. The van der Waals surface area contributed by atoms with E-state index >= 15 is 0 Å². The smallest absolute Gasteiger partial charge is 0.0886 e. The van der Waals surface area contributed by atoms with Crippen LogP contribution in [0, 0.1) is 6.92 Å². The van der Waals surface area contributed by atoms with Crippen LogP contribution in [-0.4, -0.2) is 9.97 Å². The van der Waals surface area contributed by atoms with E-state index in [4.69, 9.17) is 4.98 Å². The fourth-order valence-electron chi connectivity index (χ4n) is 5.41. The molecule has 3 heteroatoms. The molecular formula is C33H25N3. The normalized spacial score (nSPS) is 15.2. The Morgan fingerprint density at radius 1 is 0.750 bits per heavy atom. The number of fused-ring (bicyclic) bond motifs is 3. The van der Waals surface area contributed by atoms with Crippen molar-refractivity contribution in [3.05, 3.63) is 143 Å². The van der Waals surface area contributed by atoms with Gasteiger partial charge in [0.05, 0.1) is 22.9 Å². The number of anilines is 1. The van der Waals surface area contributed by atoms with E-state index in [0.717, 1.165) is 33.5 Å². The lowest BCUT2D eigenvalue weighted by molar-refractivity contribution is 0.817. The van der Waals surface area contributed by atoms with Crippen LogP contribution in [0.4, 0.5) is 5.69 Å². The molecule has 0 spiro atoms. The van der Waals surface area contributed by atoms with E-state index in [-0.39, 0.29) is 6.04 Å². The molecule has 0 saturated heterocycles. The Bertz CT molecular complexity index is 1740. The van der Waals surface area contributed by atoms with Crippen LogP contribution in [0.2, 0.25) is 0 Å². The van der Waals surface area contributed by atoms with Crippen molar-refractivity contribution in [3.8, 4) is 0 Å². The van der Waals surface area contributed by atoms with Crippen LogP contribution in [0.25, 0.3) is 33.6 Å². The lowest BCUT2D eigenvalue weighted by atomic mass is 9.88. The third kappa shape index (κ3) is 3.32. The number of hydrogen-bond acceptors (Lipinski definition) is 2. The number of rotatable bonds is 3. The van der Waals surface area contributed by atoms with Gasteiger partial charge in [-0.25, -0.2) is 4.98 Å². The summed E-state index contributed by atoms with van der Waals surface area (Å²) in [6.07, 6.45) is 4.42. The summed E-state index contributed by atoms with van der Waals surface area (Å²) in [5.74, 6) is 0. The maximum absolute atomic E-state index is 5.16. The van der Waals surface area contributed by atoms with Gasteiger partial charge in [-0.3, -0.25) is 0 Å². The topological polar surface area (TPSA) is 31.9 Å². The highest BCUT2D eigenvalue weighted by atomic mass is 15.2. The minimum atomic E-state index is -0.0445. The monoisotopic (exact) mass is 463 g/mol. The quantitative estimate of drug-likeness (QED) is 0.287. The van der Waals surface area contributed by atoms with Crippen LogP contribution >= 0.6 is 0 Å². The molecule has 3 nitrogen and oxygen atoms in total. The van der Waals surface area contributed by atoms with Crippen LogP contribution in [0.15, 0.2) is 115 Å². The van der Waals surface area contributed by atoms with E-state index in [1.807, 2.05) is 0 Å². The third-order valence-corrected chi connectivity index (χ3v) is 7.17. The molecule has 172 valence electrons. The fourth-order valence-corrected chi connectivity index (χ4v) is 5.41. The van der Waals surface area contributed by atoms with E-state index in [1.165, 1.54) is 27.6 Å². The average Bonchev–Trinajstić information content (AvgIpc) is 3.36. The summed E-state index contributed by atoms with van der Waals surface area (Å²) in [7, 11) is 0. The number of nitrogens with zero attached hydrogens (tertiary/aromatic N) is 2. The highest BCUT2D eigenvalue weighted by Gasteiger charge is 2.34. The zero-order valence-electron chi connectivity index (χ0n) is 20.0. The van der Waals surface area contributed by atoms with Crippen molar-refractivity contribution in [1.82, 2.24) is 9.97 Å². The van der Waals surface area contributed by atoms with E-state index in [2.05, 4.69) is 138 Å². The summed E-state index contributed by atoms with van der Waals surface area (Å²) in [5.41, 5.74) is 10.3. The first-order valence-electron chi connectivity index (χ1n) is 12.3. The van der Waals surface area contributed by atoms with Crippen molar-refractivity contribution in [2.45, 2.75) is 13.0 Å². The fraction of sp³-hybridized carbons (Fsp3) is 0.0606. The lowest BCUT2D eigenvalue weighted by Gasteiger charge is -2.39. The number of para-hydroxylation sites is 3. The Balaban J connectivity index is 1.57. The second kappa shape index (κ2) is 8.24. The Morgan fingerprint density at radius 3 is 2.36 bits per heavy atom. The molecule has 7 rings (SSSR count). The van der Waals surface area contributed by atoms with Crippen molar-refractivity contribution in [3.63, 3.8) is 0 Å². The van der Waals surface area contributed by atoms with E-state index < -0.39 is 0 Å². The molecule has 4 aromatic carbocycles.